The molecule has 32 heavy (non-hydrogen) atoms. The molecule has 2 aliphatic rings. The minimum absolute atomic E-state index is 0.635. The molecular formula is C25H31N7. The normalized spacial score (nSPS) is 17.0. The Morgan fingerprint density at radius 1 is 0.938 bits per heavy atom. The number of anilines is 4. The molecule has 166 valence electrons. The first-order chi connectivity index (χ1) is 15.7. The largest absolute Gasteiger partial charge is 0.369 e. The van der Waals surface area contributed by atoms with Gasteiger partial charge in [-0.2, -0.15) is 4.98 Å². The summed E-state index contributed by atoms with van der Waals surface area (Å²) in [6.45, 7) is 7.84. The van der Waals surface area contributed by atoms with Crippen LogP contribution in [-0.4, -0.2) is 61.2 Å². The quantitative estimate of drug-likeness (QED) is 0.646. The van der Waals surface area contributed by atoms with Gasteiger partial charge in [0.1, 0.15) is 5.82 Å². The number of likely N-dealkylation sites (N-methyl/N-ethyl adjacent to an activating group) is 1. The first-order valence-corrected chi connectivity index (χ1v) is 11.4. The van der Waals surface area contributed by atoms with Crippen molar-refractivity contribution in [3.05, 3.63) is 71.9 Å². The van der Waals surface area contributed by atoms with Crippen LogP contribution >= 0.6 is 0 Å². The van der Waals surface area contributed by atoms with Crippen molar-refractivity contribution in [1.82, 2.24) is 20.2 Å². The predicted octanol–water partition coefficient (Wildman–Crippen LogP) is 3.08. The van der Waals surface area contributed by atoms with Gasteiger partial charge < -0.3 is 25.3 Å². The molecule has 0 amide bonds. The number of nitrogens with zero attached hydrogens (tertiary/aromatic N) is 5. The highest BCUT2D eigenvalue weighted by atomic mass is 15.3. The second-order valence-corrected chi connectivity index (χ2v) is 8.59. The van der Waals surface area contributed by atoms with Crippen LogP contribution in [0.4, 0.5) is 23.1 Å². The van der Waals surface area contributed by atoms with Crippen LogP contribution in [0.5, 0.6) is 0 Å². The number of nitrogens with one attached hydrogen (secondary N) is 2. The average molecular weight is 430 g/mol. The van der Waals surface area contributed by atoms with Crippen molar-refractivity contribution >= 4 is 23.1 Å². The van der Waals surface area contributed by atoms with Crippen molar-refractivity contribution in [1.29, 1.82) is 0 Å². The molecular weight excluding hydrogens is 398 g/mol. The zero-order chi connectivity index (χ0) is 21.8. The summed E-state index contributed by atoms with van der Waals surface area (Å²) >= 11 is 0. The van der Waals surface area contributed by atoms with Gasteiger partial charge in [0.25, 0.3) is 0 Å². The monoisotopic (exact) mass is 429 g/mol. The van der Waals surface area contributed by atoms with E-state index >= 15 is 0 Å². The Morgan fingerprint density at radius 3 is 2.50 bits per heavy atom. The summed E-state index contributed by atoms with van der Waals surface area (Å²) in [5.74, 6) is 1.64. The number of rotatable bonds is 5. The van der Waals surface area contributed by atoms with E-state index in [0.717, 1.165) is 69.4 Å². The average Bonchev–Trinajstić information content (AvgIpc) is 3.03. The van der Waals surface area contributed by atoms with Crippen molar-refractivity contribution in [3.63, 3.8) is 0 Å². The van der Waals surface area contributed by atoms with E-state index in [-0.39, 0.29) is 0 Å². The van der Waals surface area contributed by atoms with Gasteiger partial charge in [0.2, 0.25) is 5.95 Å². The zero-order valence-corrected chi connectivity index (χ0v) is 18.7. The molecule has 7 nitrogen and oxygen atoms in total. The van der Waals surface area contributed by atoms with Gasteiger partial charge in [-0.1, -0.05) is 30.3 Å². The number of aromatic nitrogens is 2. The Bertz CT molecular complexity index is 1010. The standard InChI is InChI=1S/C25H31N7/c1-30-13-15-31(16-14-30)23-9-7-22(8-10-23)28-25-27-18-21-17-26-11-12-32(24(21)29-25)19-20-5-3-2-4-6-20/h2-10,18,26H,11-17,19H2,1H3,(H,27,28,29). The van der Waals surface area contributed by atoms with E-state index in [0.29, 0.717) is 5.95 Å². The predicted molar refractivity (Wildman–Crippen MR) is 131 cm³/mol. The molecule has 0 aliphatic carbocycles. The van der Waals surface area contributed by atoms with E-state index in [1.807, 2.05) is 6.20 Å². The minimum Gasteiger partial charge on any atom is -0.369 e. The third kappa shape index (κ3) is 4.84. The van der Waals surface area contributed by atoms with Gasteiger partial charge in [-0.3, -0.25) is 0 Å². The lowest BCUT2D eigenvalue weighted by atomic mass is 10.2. The van der Waals surface area contributed by atoms with Gasteiger partial charge in [-0.05, 0) is 36.9 Å². The molecule has 5 rings (SSSR count). The van der Waals surface area contributed by atoms with Crippen LogP contribution in [0.1, 0.15) is 11.1 Å². The Morgan fingerprint density at radius 2 is 1.72 bits per heavy atom. The summed E-state index contributed by atoms with van der Waals surface area (Å²) in [7, 11) is 2.18. The maximum atomic E-state index is 4.91. The molecule has 0 radical (unpaired) electrons. The number of fused-ring (bicyclic) bond motifs is 1. The summed E-state index contributed by atoms with van der Waals surface area (Å²) in [6, 6.07) is 19.2. The summed E-state index contributed by atoms with van der Waals surface area (Å²) in [4.78, 5) is 16.7. The molecule has 7 heteroatoms. The van der Waals surface area contributed by atoms with Crippen LogP contribution in [-0.2, 0) is 13.1 Å². The van der Waals surface area contributed by atoms with E-state index in [4.69, 9.17) is 4.98 Å². The SMILES string of the molecule is CN1CCN(c2ccc(Nc3ncc4c(n3)N(Cc3ccccc3)CCNC4)cc2)CC1. The fourth-order valence-corrected chi connectivity index (χ4v) is 4.31. The molecule has 0 unspecified atom stereocenters. The van der Waals surface area contributed by atoms with Gasteiger partial charge in [0, 0.05) is 75.5 Å². The highest BCUT2D eigenvalue weighted by Crippen LogP contribution is 2.25. The first-order valence-electron chi connectivity index (χ1n) is 11.4. The molecule has 2 aliphatic heterocycles. The van der Waals surface area contributed by atoms with Crippen LogP contribution in [0, 0.1) is 0 Å². The molecule has 0 spiro atoms. The lowest BCUT2D eigenvalue weighted by Crippen LogP contribution is -2.44. The van der Waals surface area contributed by atoms with Crippen molar-refractivity contribution in [2.24, 2.45) is 0 Å². The van der Waals surface area contributed by atoms with Crippen LogP contribution in [0.2, 0.25) is 0 Å². The molecule has 0 saturated carbocycles. The smallest absolute Gasteiger partial charge is 0.229 e. The Hall–Kier alpha value is -3.16. The molecule has 0 atom stereocenters. The van der Waals surface area contributed by atoms with Crippen LogP contribution < -0.4 is 20.4 Å². The number of hydrogen-bond acceptors (Lipinski definition) is 7. The van der Waals surface area contributed by atoms with Crippen molar-refractivity contribution < 1.29 is 0 Å². The maximum absolute atomic E-state index is 4.91. The number of hydrogen-bond donors (Lipinski definition) is 2. The highest BCUT2D eigenvalue weighted by Gasteiger charge is 2.19. The summed E-state index contributed by atoms with van der Waals surface area (Å²) in [6.07, 6.45) is 1.94. The zero-order valence-electron chi connectivity index (χ0n) is 18.7. The Labute approximate surface area is 190 Å². The maximum Gasteiger partial charge on any atom is 0.229 e. The summed E-state index contributed by atoms with van der Waals surface area (Å²) < 4.78 is 0. The molecule has 2 N–H and O–H groups in total. The fourth-order valence-electron chi connectivity index (χ4n) is 4.31. The van der Waals surface area contributed by atoms with Gasteiger partial charge >= 0.3 is 0 Å². The fraction of sp³-hybridized carbons (Fsp3) is 0.360. The third-order valence-corrected chi connectivity index (χ3v) is 6.22. The first kappa shape index (κ1) is 20.7. The van der Waals surface area contributed by atoms with Crippen LogP contribution in [0.25, 0.3) is 0 Å². The Kier molecular flexibility index (Phi) is 6.18. The third-order valence-electron chi connectivity index (χ3n) is 6.22. The number of piperazine rings is 1. The molecule has 3 heterocycles. The molecule has 3 aromatic rings. The summed E-state index contributed by atoms with van der Waals surface area (Å²) in [5, 5.41) is 6.88. The Balaban J connectivity index is 1.31. The van der Waals surface area contributed by atoms with E-state index in [2.05, 4.69) is 92.0 Å². The minimum atomic E-state index is 0.635. The molecule has 1 saturated heterocycles. The van der Waals surface area contributed by atoms with E-state index in [1.54, 1.807) is 0 Å². The van der Waals surface area contributed by atoms with Crippen LogP contribution in [0.3, 0.4) is 0 Å². The van der Waals surface area contributed by atoms with E-state index in [1.165, 1.54) is 11.3 Å². The lowest BCUT2D eigenvalue weighted by Gasteiger charge is -2.34. The highest BCUT2D eigenvalue weighted by molar-refractivity contribution is 5.61. The van der Waals surface area contributed by atoms with Crippen molar-refractivity contribution in [2.75, 3.05) is 61.4 Å². The van der Waals surface area contributed by atoms with Gasteiger partial charge in [-0.25, -0.2) is 4.98 Å². The topological polar surface area (TPSA) is 59.6 Å². The van der Waals surface area contributed by atoms with Crippen LogP contribution in [0.15, 0.2) is 60.8 Å². The lowest BCUT2D eigenvalue weighted by molar-refractivity contribution is 0.313. The second-order valence-electron chi connectivity index (χ2n) is 8.59. The molecule has 1 aromatic heterocycles. The molecule has 1 fully saturated rings. The van der Waals surface area contributed by atoms with Gasteiger partial charge in [0.05, 0.1) is 0 Å². The van der Waals surface area contributed by atoms with E-state index < -0.39 is 0 Å². The van der Waals surface area contributed by atoms with Crippen molar-refractivity contribution in [3.8, 4) is 0 Å². The van der Waals surface area contributed by atoms with Crippen molar-refractivity contribution in [2.45, 2.75) is 13.1 Å². The molecule has 2 aromatic carbocycles. The van der Waals surface area contributed by atoms with Gasteiger partial charge in [0.15, 0.2) is 0 Å². The van der Waals surface area contributed by atoms with Gasteiger partial charge in [-0.15, -0.1) is 0 Å². The number of benzene rings is 2. The summed E-state index contributed by atoms with van der Waals surface area (Å²) in [5.41, 5.74) is 4.69. The second kappa shape index (κ2) is 9.54. The molecule has 0 bridgehead atoms. The van der Waals surface area contributed by atoms with E-state index in [9.17, 15) is 0 Å².